The first-order valence-corrected chi connectivity index (χ1v) is 24.7. The van der Waals surface area contributed by atoms with Gasteiger partial charge in [-0.15, -0.1) is 0 Å². The fourth-order valence-electron chi connectivity index (χ4n) is 7.46. The maximum Gasteiger partial charge on any atom is 0.306 e. The van der Waals surface area contributed by atoms with Crippen molar-refractivity contribution in [2.45, 2.75) is 278 Å². The third-order valence-corrected chi connectivity index (χ3v) is 11.2. The lowest BCUT2D eigenvalue weighted by molar-refractivity contribution is -0.167. The first-order chi connectivity index (χ1) is 27.2. The molecule has 0 aromatic heterocycles. The normalized spacial score (nSPS) is 12.1. The molecular formula is C50H96O6. The van der Waals surface area contributed by atoms with E-state index in [1.54, 1.807) is 0 Å². The minimum absolute atomic E-state index is 0.0643. The van der Waals surface area contributed by atoms with Crippen molar-refractivity contribution in [2.75, 3.05) is 13.2 Å². The topological polar surface area (TPSA) is 78.9 Å². The average Bonchev–Trinajstić information content (AvgIpc) is 3.16. The summed E-state index contributed by atoms with van der Waals surface area (Å²) in [6, 6.07) is 0. The van der Waals surface area contributed by atoms with Crippen LogP contribution in [0.5, 0.6) is 0 Å². The molecule has 6 heteroatoms. The summed E-state index contributed by atoms with van der Waals surface area (Å²) in [5.74, 6) is 0.776. The third-order valence-electron chi connectivity index (χ3n) is 11.2. The maximum atomic E-state index is 12.8. The second-order valence-electron chi connectivity index (χ2n) is 18.1. The van der Waals surface area contributed by atoms with Crippen molar-refractivity contribution in [3.8, 4) is 0 Å². The van der Waals surface area contributed by atoms with E-state index in [4.69, 9.17) is 14.2 Å². The summed E-state index contributed by atoms with van der Waals surface area (Å²) in [5.41, 5.74) is 0. The molecule has 0 saturated carbocycles. The van der Waals surface area contributed by atoms with Crippen LogP contribution in [-0.4, -0.2) is 37.2 Å². The molecule has 0 radical (unpaired) electrons. The van der Waals surface area contributed by atoms with E-state index in [9.17, 15) is 14.4 Å². The lowest BCUT2D eigenvalue weighted by Crippen LogP contribution is -2.30. The Labute approximate surface area is 348 Å². The number of esters is 3. The van der Waals surface area contributed by atoms with E-state index in [0.29, 0.717) is 19.3 Å². The van der Waals surface area contributed by atoms with Gasteiger partial charge in [0.15, 0.2) is 6.10 Å². The molecule has 0 rings (SSSR count). The van der Waals surface area contributed by atoms with Crippen molar-refractivity contribution in [1.29, 1.82) is 0 Å². The number of ether oxygens (including phenoxy) is 3. The number of unbranched alkanes of at least 4 members (excludes halogenated alkanes) is 29. The van der Waals surface area contributed by atoms with Crippen LogP contribution in [0.1, 0.15) is 272 Å². The largest absolute Gasteiger partial charge is 0.462 e. The van der Waals surface area contributed by atoms with E-state index in [1.165, 1.54) is 161 Å². The van der Waals surface area contributed by atoms with E-state index in [-0.39, 0.29) is 31.1 Å². The highest BCUT2D eigenvalue weighted by molar-refractivity contribution is 5.71. The van der Waals surface area contributed by atoms with Gasteiger partial charge in [0.05, 0.1) is 0 Å². The van der Waals surface area contributed by atoms with Crippen LogP contribution in [0.25, 0.3) is 0 Å². The Bertz CT molecular complexity index is 854. The molecule has 0 aliphatic rings. The van der Waals surface area contributed by atoms with Crippen molar-refractivity contribution in [3.63, 3.8) is 0 Å². The molecular weight excluding hydrogens is 697 g/mol. The minimum atomic E-state index is -0.761. The van der Waals surface area contributed by atoms with Crippen LogP contribution < -0.4 is 0 Å². The summed E-state index contributed by atoms with van der Waals surface area (Å²) in [6.07, 6.45) is 42.3. The zero-order valence-electron chi connectivity index (χ0n) is 38.3. The Morgan fingerprint density at radius 3 is 0.875 bits per heavy atom. The van der Waals surface area contributed by atoms with E-state index in [0.717, 1.165) is 69.6 Å². The van der Waals surface area contributed by atoms with Gasteiger partial charge in [-0.2, -0.15) is 0 Å². The molecule has 6 nitrogen and oxygen atoms in total. The molecule has 0 aromatic rings. The van der Waals surface area contributed by atoms with Crippen LogP contribution in [0.2, 0.25) is 0 Å². The molecule has 0 saturated heterocycles. The molecule has 0 spiro atoms. The molecule has 0 fully saturated rings. The predicted molar refractivity (Wildman–Crippen MR) is 238 cm³/mol. The van der Waals surface area contributed by atoms with Crippen LogP contribution in [0.3, 0.4) is 0 Å². The van der Waals surface area contributed by atoms with Gasteiger partial charge < -0.3 is 14.2 Å². The van der Waals surface area contributed by atoms with Crippen molar-refractivity contribution >= 4 is 17.9 Å². The summed E-state index contributed by atoms with van der Waals surface area (Å²) in [4.78, 5) is 37.8. The number of carbonyl (C=O) groups excluding carboxylic acids is 3. The van der Waals surface area contributed by atoms with E-state index in [2.05, 4.69) is 34.6 Å². The molecule has 0 N–H and O–H groups in total. The monoisotopic (exact) mass is 793 g/mol. The molecule has 0 amide bonds. The molecule has 0 aromatic carbocycles. The summed E-state index contributed by atoms with van der Waals surface area (Å²) in [7, 11) is 0. The Kier molecular flexibility index (Phi) is 41.8. The lowest BCUT2D eigenvalue weighted by atomic mass is 10.0. The second kappa shape index (κ2) is 43.0. The van der Waals surface area contributed by atoms with Gasteiger partial charge in [-0.3, -0.25) is 14.4 Å². The van der Waals surface area contributed by atoms with Crippen LogP contribution in [0, 0.1) is 11.8 Å². The highest BCUT2D eigenvalue weighted by Gasteiger charge is 2.19. The maximum absolute atomic E-state index is 12.8. The number of carbonyl (C=O) groups is 3. The third kappa shape index (κ3) is 43.5. The SMILES string of the molecule is CCCCCCCCCCCCCCC(=O)OC[C@H](COC(=O)CCCCCCCCCCC(C)C)OC(=O)CCCCCCCCCCCCCCC(C)C. The molecule has 0 aliphatic heterocycles. The molecule has 0 bridgehead atoms. The van der Waals surface area contributed by atoms with Gasteiger partial charge in [0, 0.05) is 19.3 Å². The second-order valence-corrected chi connectivity index (χ2v) is 18.1. The Morgan fingerprint density at radius 1 is 0.339 bits per heavy atom. The van der Waals surface area contributed by atoms with Gasteiger partial charge in [0.25, 0.3) is 0 Å². The number of rotatable bonds is 44. The van der Waals surface area contributed by atoms with Gasteiger partial charge in [-0.05, 0) is 31.1 Å². The van der Waals surface area contributed by atoms with Gasteiger partial charge in [-0.1, -0.05) is 234 Å². The Hall–Kier alpha value is -1.59. The fourth-order valence-corrected chi connectivity index (χ4v) is 7.46. The standard InChI is InChI=1S/C50H96O6/c1-6-7-8-9-10-11-12-16-19-25-30-35-40-48(51)54-43-47(44-55-49(52)41-36-31-26-22-21-24-29-34-39-46(4)5)56-50(53)42-37-32-27-20-17-14-13-15-18-23-28-33-38-45(2)3/h45-47H,6-44H2,1-5H3/t47-/m1/s1. The highest BCUT2D eigenvalue weighted by atomic mass is 16.6. The molecule has 56 heavy (non-hydrogen) atoms. The van der Waals surface area contributed by atoms with Crippen LogP contribution in [0.15, 0.2) is 0 Å². The van der Waals surface area contributed by atoms with Crippen molar-refractivity contribution < 1.29 is 28.6 Å². The van der Waals surface area contributed by atoms with Gasteiger partial charge in [0.2, 0.25) is 0 Å². The summed E-state index contributed by atoms with van der Waals surface area (Å²) in [5, 5.41) is 0. The van der Waals surface area contributed by atoms with Crippen molar-refractivity contribution in [2.24, 2.45) is 11.8 Å². The molecule has 1 atom stereocenters. The Balaban J connectivity index is 4.32. The zero-order chi connectivity index (χ0) is 41.2. The molecule has 332 valence electrons. The van der Waals surface area contributed by atoms with E-state index >= 15 is 0 Å². The van der Waals surface area contributed by atoms with Gasteiger partial charge in [-0.25, -0.2) is 0 Å². The Morgan fingerprint density at radius 2 is 0.589 bits per heavy atom. The number of hydrogen-bond acceptors (Lipinski definition) is 6. The first kappa shape index (κ1) is 54.4. The summed E-state index contributed by atoms with van der Waals surface area (Å²) in [6.45, 7) is 11.3. The van der Waals surface area contributed by atoms with Crippen molar-refractivity contribution in [1.82, 2.24) is 0 Å². The molecule has 0 unspecified atom stereocenters. The van der Waals surface area contributed by atoms with Crippen LogP contribution >= 0.6 is 0 Å². The van der Waals surface area contributed by atoms with Crippen LogP contribution in [0.4, 0.5) is 0 Å². The quantitative estimate of drug-likeness (QED) is 0.0347. The zero-order valence-corrected chi connectivity index (χ0v) is 38.3. The van der Waals surface area contributed by atoms with E-state index in [1.807, 2.05) is 0 Å². The first-order valence-electron chi connectivity index (χ1n) is 24.7. The number of hydrogen-bond donors (Lipinski definition) is 0. The highest BCUT2D eigenvalue weighted by Crippen LogP contribution is 2.17. The summed E-state index contributed by atoms with van der Waals surface area (Å²) >= 11 is 0. The predicted octanol–water partition coefficient (Wildman–Crippen LogP) is 15.8. The summed E-state index contributed by atoms with van der Waals surface area (Å²) < 4.78 is 16.8. The van der Waals surface area contributed by atoms with Crippen molar-refractivity contribution in [3.05, 3.63) is 0 Å². The smallest absolute Gasteiger partial charge is 0.306 e. The van der Waals surface area contributed by atoms with Gasteiger partial charge >= 0.3 is 17.9 Å². The fraction of sp³-hybridized carbons (Fsp3) is 0.940. The lowest BCUT2D eigenvalue weighted by Gasteiger charge is -2.18. The minimum Gasteiger partial charge on any atom is -0.462 e. The molecule has 0 heterocycles. The molecule has 0 aliphatic carbocycles. The average molecular weight is 793 g/mol. The van der Waals surface area contributed by atoms with Crippen LogP contribution in [-0.2, 0) is 28.6 Å². The van der Waals surface area contributed by atoms with Gasteiger partial charge in [0.1, 0.15) is 13.2 Å². The van der Waals surface area contributed by atoms with E-state index < -0.39 is 6.10 Å².